The number of halogens is 3. The van der Waals surface area contributed by atoms with Gasteiger partial charge in [-0.25, -0.2) is 4.39 Å². The van der Waals surface area contributed by atoms with Crippen molar-refractivity contribution in [2.24, 2.45) is 0 Å². The Bertz CT molecular complexity index is 1330. The molecule has 0 atom stereocenters. The summed E-state index contributed by atoms with van der Waals surface area (Å²) in [6.07, 6.45) is 6.10. The zero-order valence-electron chi connectivity index (χ0n) is 19.7. The minimum atomic E-state index is -2.88. The molecule has 0 saturated heterocycles. The van der Waals surface area contributed by atoms with Gasteiger partial charge in [0.25, 0.3) is 0 Å². The highest BCUT2D eigenvalue weighted by atomic mass is 19.3. The zero-order chi connectivity index (χ0) is 24.6. The molecule has 0 aliphatic carbocycles. The second kappa shape index (κ2) is 11.6. The number of alkyl halides is 2. The Hall–Kier alpha value is -3.71. The van der Waals surface area contributed by atoms with Crippen molar-refractivity contribution in [2.75, 3.05) is 0 Å². The fourth-order valence-corrected chi connectivity index (χ4v) is 4.05. The number of hydrogen-bond acceptors (Lipinski definition) is 1. The van der Waals surface area contributed by atoms with Crippen molar-refractivity contribution in [3.05, 3.63) is 101 Å². The van der Waals surface area contributed by atoms with Crippen LogP contribution in [0.4, 0.5) is 13.2 Å². The monoisotopic (exact) mass is 472 g/mol. The van der Waals surface area contributed by atoms with Crippen LogP contribution >= 0.6 is 0 Å². The first kappa shape index (κ1) is 24.4. The summed E-state index contributed by atoms with van der Waals surface area (Å²) in [6, 6.07) is 23.8. The van der Waals surface area contributed by atoms with Gasteiger partial charge in [-0.2, -0.15) is 8.78 Å². The van der Waals surface area contributed by atoms with Crippen LogP contribution in [0.2, 0.25) is 0 Å². The summed E-state index contributed by atoms with van der Waals surface area (Å²) in [5, 5.41) is 1.32. The first-order valence-electron chi connectivity index (χ1n) is 11.9. The molecule has 0 radical (unpaired) electrons. The standard InChI is InChI=1S/C31H27F3O/c1-2-3-4-5-6-22-7-12-24(13-8-22)26-17-20-29-27(21-26)16-15-25(30(29)32)14-9-23-10-18-28(19-11-23)35-31(33)34/h7-8,10-13,15-21,31H,2-6H2,1H3. The van der Waals surface area contributed by atoms with Crippen LogP contribution in [0.5, 0.6) is 5.75 Å². The van der Waals surface area contributed by atoms with Crippen molar-refractivity contribution >= 4 is 10.8 Å². The highest BCUT2D eigenvalue weighted by molar-refractivity contribution is 5.89. The number of hydrogen-bond donors (Lipinski definition) is 0. The molecule has 0 bridgehead atoms. The first-order valence-corrected chi connectivity index (χ1v) is 11.9. The van der Waals surface area contributed by atoms with Crippen molar-refractivity contribution in [1.82, 2.24) is 0 Å². The molecule has 0 fully saturated rings. The molecule has 0 aliphatic heterocycles. The number of unbranched alkanes of at least 4 members (excludes halogenated alkanes) is 3. The van der Waals surface area contributed by atoms with Gasteiger partial charge in [0.15, 0.2) is 0 Å². The maximum Gasteiger partial charge on any atom is 0.387 e. The highest BCUT2D eigenvalue weighted by Gasteiger charge is 2.08. The summed E-state index contributed by atoms with van der Waals surface area (Å²) in [6.45, 7) is -0.657. The van der Waals surface area contributed by atoms with Crippen molar-refractivity contribution in [1.29, 1.82) is 0 Å². The molecule has 0 aromatic heterocycles. The van der Waals surface area contributed by atoms with E-state index in [0.29, 0.717) is 10.9 Å². The fraction of sp³-hybridized carbons (Fsp3) is 0.226. The van der Waals surface area contributed by atoms with Gasteiger partial charge in [0.05, 0.1) is 5.56 Å². The van der Waals surface area contributed by atoms with Gasteiger partial charge >= 0.3 is 6.61 Å². The molecule has 0 heterocycles. The van der Waals surface area contributed by atoms with Crippen LogP contribution in [-0.2, 0) is 6.42 Å². The lowest BCUT2D eigenvalue weighted by Crippen LogP contribution is -2.01. The van der Waals surface area contributed by atoms with Crippen LogP contribution in [0, 0.1) is 17.7 Å². The van der Waals surface area contributed by atoms with E-state index in [1.54, 1.807) is 24.3 Å². The summed E-state index contributed by atoms with van der Waals surface area (Å²) in [4.78, 5) is 0. The van der Waals surface area contributed by atoms with E-state index in [4.69, 9.17) is 0 Å². The summed E-state index contributed by atoms with van der Waals surface area (Å²) >= 11 is 0. The number of benzene rings is 4. The van der Waals surface area contributed by atoms with Crippen LogP contribution in [0.3, 0.4) is 0 Å². The Morgan fingerprint density at radius 1 is 0.771 bits per heavy atom. The van der Waals surface area contributed by atoms with Crippen LogP contribution in [-0.4, -0.2) is 6.61 Å². The lowest BCUT2D eigenvalue weighted by molar-refractivity contribution is -0.0498. The van der Waals surface area contributed by atoms with E-state index >= 15 is 4.39 Å². The predicted molar refractivity (Wildman–Crippen MR) is 136 cm³/mol. The van der Waals surface area contributed by atoms with E-state index in [1.165, 1.54) is 43.4 Å². The van der Waals surface area contributed by atoms with Crippen molar-refractivity contribution < 1.29 is 17.9 Å². The highest BCUT2D eigenvalue weighted by Crippen LogP contribution is 2.28. The van der Waals surface area contributed by atoms with E-state index in [1.807, 2.05) is 18.2 Å². The van der Waals surface area contributed by atoms with Gasteiger partial charge in [-0.1, -0.05) is 80.5 Å². The molecule has 4 aromatic rings. The van der Waals surface area contributed by atoms with Crippen LogP contribution in [0.1, 0.15) is 49.3 Å². The molecule has 35 heavy (non-hydrogen) atoms. The average Bonchev–Trinajstić information content (AvgIpc) is 2.87. The van der Waals surface area contributed by atoms with Crippen molar-refractivity contribution in [3.63, 3.8) is 0 Å². The van der Waals surface area contributed by atoms with Gasteiger partial charge < -0.3 is 4.74 Å². The van der Waals surface area contributed by atoms with Gasteiger partial charge in [-0.15, -0.1) is 0 Å². The molecule has 0 saturated carbocycles. The quantitative estimate of drug-likeness (QED) is 0.184. The molecule has 0 unspecified atom stereocenters. The largest absolute Gasteiger partial charge is 0.435 e. The number of ether oxygens (including phenoxy) is 1. The molecule has 4 heteroatoms. The molecular formula is C31H27F3O. The molecule has 4 rings (SSSR count). The van der Waals surface area contributed by atoms with Crippen LogP contribution < -0.4 is 4.74 Å². The Morgan fingerprint density at radius 2 is 1.51 bits per heavy atom. The lowest BCUT2D eigenvalue weighted by Gasteiger charge is -2.08. The van der Waals surface area contributed by atoms with E-state index in [2.05, 4.69) is 47.8 Å². The molecule has 0 N–H and O–H groups in total. The maximum absolute atomic E-state index is 15.1. The second-order valence-electron chi connectivity index (χ2n) is 8.52. The molecular weight excluding hydrogens is 445 g/mol. The van der Waals surface area contributed by atoms with Gasteiger partial charge in [0, 0.05) is 10.9 Å². The number of fused-ring (bicyclic) bond motifs is 1. The zero-order valence-corrected chi connectivity index (χ0v) is 19.7. The van der Waals surface area contributed by atoms with Gasteiger partial charge in [0.1, 0.15) is 11.6 Å². The summed E-state index contributed by atoms with van der Waals surface area (Å²) in [7, 11) is 0. The summed E-state index contributed by atoms with van der Waals surface area (Å²) in [5.74, 6) is 5.40. The minimum Gasteiger partial charge on any atom is -0.435 e. The molecule has 0 aliphatic rings. The molecule has 0 amide bonds. The van der Waals surface area contributed by atoms with Crippen LogP contribution in [0.15, 0.2) is 78.9 Å². The van der Waals surface area contributed by atoms with E-state index in [9.17, 15) is 8.78 Å². The van der Waals surface area contributed by atoms with E-state index < -0.39 is 6.61 Å². The number of aryl methyl sites for hydroxylation is 1. The van der Waals surface area contributed by atoms with Gasteiger partial charge in [0.2, 0.25) is 0 Å². The second-order valence-corrected chi connectivity index (χ2v) is 8.52. The van der Waals surface area contributed by atoms with Crippen LogP contribution in [0.25, 0.3) is 21.9 Å². The first-order chi connectivity index (χ1) is 17.0. The molecule has 1 nitrogen and oxygen atoms in total. The van der Waals surface area contributed by atoms with Gasteiger partial charge in [-0.3, -0.25) is 0 Å². The molecule has 178 valence electrons. The topological polar surface area (TPSA) is 9.23 Å². The fourth-order valence-electron chi connectivity index (χ4n) is 4.05. The lowest BCUT2D eigenvalue weighted by atomic mass is 9.98. The van der Waals surface area contributed by atoms with Crippen molar-refractivity contribution in [2.45, 2.75) is 45.6 Å². The minimum absolute atomic E-state index is 0.0554. The number of rotatable bonds is 8. The summed E-state index contributed by atoms with van der Waals surface area (Å²) in [5.41, 5.74) is 4.35. The Balaban J connectivity index is 1.50. The molecule has 4 aromatic carbocycles. The third-order valence-electron chi connectivity index (χ3n) is 5.98. The Morgan fingerprint density at radius 3 is 2.23 bits per heavy atom. The Labute approximate surface area is 204 Å². The van der Waals surface area contributed by atoms with Gasteiger partial charge in [-0.05, 0) is 71.3 Å². The normalized spacial score (nSPS) is 10.9. The average molecular weight is 473 g/mol. The summed E-state index contributed by atoms with van der Waals surface area (Å²) < 4.78 is 44.0. The third kappa shape index (κ3) is 6.45. The predicted octanol–water partition coefficient (Wildman–Crippen LogP) is 8.77. The van der Waals surface area contributed by atoms with E-state index in [0.717, 1.165) is 22.9 Å². The van der Waals surface area contributed by atoms with E-state index in [-0.39, 0.29) is 17.1 Å². The van der Waals surface area contributed by atoms with Crippen molar-refractivity contribution in [3.8, 4) is 28.7 Å². The smallest absolute Gasteiger partial charge is 0.387 e. The Kier molecular flexibility index (Phi) is 8.11. The maximum atomic E-state index is 15.1. The SMILES string of the molecule is CCCCCCc1ccc(-c2ccc3c(F)c(C#Cc4ccc(OC(F)F)cc4)ccc3c2)cc1. The third-order valence-corrected chi connectivity index (χ3v) is 5.98. The molecule has 0 spiro atoms.